The second-order valence-corrected chi connectivity index (χ2v) is 8.49. The number of morpholine rings is 1. The molecule has 1 saturated heterocycles. The Labute approximate surface area is 210 Å². The summed E-state index contributed by atoms with van der Waals surface area (Å²) in [6, 6.07) is 18.2. The summed E-state index contributed by atoms with van der Waals surface area (Å²) in [5, 5.41) is 8.96. The van der Waals surface area contributed by atoms with Gasteiger partial charge in [-0.25, -0.2) is 9.78 Å². The third-order valence-electron chi connectivity index (χ3n) is 6.12. The number of ether oxygens (including phenoxy) is 2. The molecule has 2 atom stereocenters. The molecule has 0 unspecified atom stereocenters. The Balaban J connectivity index is 1.60. The second-order valence-electron chi connectivity index (χ2n) is 8.49. The van der Waals surface area contributed by atoms with Crippen LogP contribution in [0.2, 0.25) is 0 Å². The molecule has 0 bridgehead atoms. The molecule has 9 heteroatoms. The number of nitrogens with zero attached hydrogens (tertiary/aromatic N) is 2. The van der Waals surface area contributed by atoms with Crippen LogP contribution in [0, 0.1) is 0 Å². The van der Waals surface area contributed by atoms with Gasteiger partial charge in [-0.2, -0.15) is 0 Å². The molecule has 0 aliphatic carbocycles. The van der Waals surface area contributed by atoms with E-state index in [0.29, 0.717) is 24.5 Å². The summed E-state index contributed by atoms with van der Waals surface area (Å²) in [5.74, 6) is -0.522. The maximum Gasteiger partial charge on any atom is 0.407 e. The maximum atomic E-state index is 13.7. The number of aryl methyl sites for hydroxylation is 1. The van der Waals surface area contributed by atoms with E-state index >= 15 is 0 Å². The Hall–Kier alpha value is -3.82. The maximum absolute atomic E-state index is 13.7. The highest BCUT2D eigenvalue weighted by molar-refractivity contribution is 5.97. The number of rotatable bonds is 9. The normalized spacial score (nSPS) is 16.2. The van der Waals surface area contributed by atoms with E-state index in [1.54, 1.807) is 6.20 Å². The standard InChI is InChI=1S/C27H31N5O4/c1-35-27(34)31-24(23(19-8-4-2-5-9-19)20-10-6-3-7-11-20)26(33)32-25-22(29-14-15-30-25)13-12-21-18-28-16-17-36-21/h2-11,14-15,21,23-24,28H,12-13,16-18H2,1H3,(H,31,34)(H,30,32,33)/t21-,24+/m1/s1. The highest BCUT2D eigenvalue weighted by Gasteiger charge is 2.33. The van der Waals surface area contributed by atoms with Crippen molar-refractivity contribution < 1.29 is 19.1 Å². The number of hydrogen-bond acceptors (Lipinski definition) is 7. The quantitative estimate of drug-likeness (QED) is 0.423. The van der Waals surface area contributed by atoms with E-state index in [-0.39, 0.29) is 6.10 Å². The van der Waals surface area contributed by atoms with Crippen LogP contribution in [-0.4, -0.2) is 60.9 Å². The zero-order chi connectivity index (χ0) is 25.2. The fourth-order valence-corrected chi connectivity index (χ4v) is 4.34. The molecule has 2 aromatic carbocycles. The average molecular weight is 490 g/mol. The van der Waals surface area contributed by atoms with Gasteiger partial charge in [0.15, 0.2) is 5.82 Å². The molecule has 4 rings (SSSR count). The third-order valence-corrected chi connectivity index (χ3v) is 6.12. The Morgan fingerprint density at radius 3 is 2.33 bits per heavy atom. The number of hydrogen-bond donors (Lipinski definition) is 3. The molecule has 1 aromatic heterocycles. The Bertz CT molecular complexity index is 1080. The largest absolute Gasteiger partial charge is 0.453 e. The summed E-state index contributed by atoms with van der Waals surface area (Å²) in [6.07, 6.45) is 3.85. The van der Waals surface area contributed by atoms with E-state index in [1.165, 1.54) is 13.3 Å². The van der Waals surface area contributed by atoms with Gasteiger partial charge in [0.2, 0.25) is 5.91 Å². The van der Waals surface area contributed by atoms with Crippen molar-refractivity contribution in [2.75, 3.05) is 32.1 Å². The van der Waals surface area contributed by atoms with Crippen LogP contribution in [0.4, 0.5) is 10.6 Å². The zero-order valence-electron chi connectivity index (χ0n) is 20.2. The van der Waals surface area contributed by atoms with Crippen molar-refractivity contribution in [2.24, 2.45) is 0 Å². The van der Waals surface area contributed by atoms with Gasteiger partial charge in [-0.1, -0.05) is 60.7 Å². The number of benzene rings is 2. The van der Waals surface area contributed by atoms with Crippen molar-refractivity contribution in [1.82, 2.24) is 20.6 Å². The Morgan fingerprint density at radius 2 is 1.72 bits per heavy atom. The van der Waals surface area contributed by atoms with Crippen LogP contribution >= 0.6 is 0 Å². The van der Waals surface area contributed by atoms with Gasteiger partial charge in [-0.3, -0.25) is 9.78 Å². The molecule has 2 heterocycles. The third kappa shape index (κ3) is 6.65. The molecule has 3 N–H and O–H groups in total. The predicted molar refractivity (Wildman–Crippen MR) is 136 cm³/mol. The van der Waals surface area contributed by atoms with E-state index in [2.05, 4.69) is 25.9 Å². The molecule has 1 aliphatic rings. The van der Waals surface area contributed by atoms with Crippen LogP contribution in [0.5, 0.6) is 0 Å². The average Bonchev–Trinajstić information content (AvgIpc) is 2.94. The smallest absolute Gasteiger partial charge is 0.407 e. The lowest BCUT2D eigenvalue weighted by atomic mass is 9.84. The van der Waals surface area contributed by atoms with Gasteiger partial charge in [-0.05, 0) is 24.0 Å². The molecule has 36 heavy (non-hydrogen) atoms. The van der Waals surface area contributed by atoms with Crippen molar-refractivity contribution in [2.45, 2.75) is 30.9 Å². The lowest BCUT2D eigenvalue weighted by Gasteiger charge is -2.28. The van der Waals surface area contributed by atoms with Crippen LogP contribution in [0.1, 0.15) is 29.2 Å². The first-order valence-electron chi connectivity index (χ1n) is 12.0. The summed E-state index contributed by atoms with van der Waals surface area (Å²) in [5.41, 5.74) is 2.41. The minimum absolute atomic E-state index is 0.0820. The van der Waals surface area contributed by atoms with Gasteiger partial charge in [0, 0.05) is 31.4 Å². The minimum Gasteiger partial charge on any atom is -0.453 e. The van der Waals surface area contributed by atoms with Crippen LogP contribution in [0.3, 0.4) is 0 Å². The van der Waals surface area contributed by atoms with Crippen LogP contribution in [0.15, 0.2) is 73.1 Å². The van der Waals surface area contributed by atoms with Gasteiger partial charge in [-0.15, -0.1) is 0 Å². The van der Waals surface area contributed by atoms with Gasteiger partial charge in [0.05, 0.1) is 25.5 Å². The van der Waals surface area contributed by atoms with E-state index in [9.17, 15) is 9.59 Å². The number of carbonyl (C=O) groups excluding carboxylic acids is 2. The van der Waals surface area contributed by atoms with Crippen LogP contribution in [0.25, 0.3) is 0 Å². The number of aromatic nitrogens is 2. The van der Waals surface area contributed by atoms with E-state index in [0.717, 1.165) is 30.6 Å². The molecule has 0 radical (unpaired) electrons. The first kappa shape index (κ1) is 25.3. The van der Waals surface area contributed by atoms with Crippen molar-refractivity contribution in [3.05, 3.63) is 89.9 Å². The molecule has 0 saturated carbocycles. The fourth-order valence-electron chi connectivity index (χ4n) is 4.34. The summed E-state index contributed by atoms with van der Waals surface area (Å²) in [7, 11) is 1.27. The first-order chi connectivity index (χ1) is 17.7. The highest BCUT2D eigenvalue weighted by Crippen LogP contribution is 2.29. The molecule has 0 spiro atoms. The van der Waals surface area contributed by atoms with Crippen molar-refractivity contribution >= 4 is 17.8 Å². The SMILES string of the molecule is COC(=O)N[C@H](C(=O)Nc1nccnc1CC[C@@H]1CNCCO1)C(c1ccccc1)c1ccccc1. The van der Waals surface area contributed by atoms with Crippen LogP contribution in [-0.2, 0) is 20.7 Å². The van der Waals surface area contributed by atoms with Gasteiger partial charge in [0.25, 0.3) is 0 Å². The fraction of sp³-hybridized carbons (Fsp3) is 0.333. The lowest BCUT2D eigenvalue weighted by molar-refractivity contribution is -0.118. The van der Waals surface area contributed by atoms with Gasteiger partial charge < -0.3 is 25.4 Å². The molecule has 1 aliphatic heterocycles. The highest BCUT2D eigenvalue weighted by atomic mass is 16.5. The molecule has 1 fully saturated rings. The number of carbonyl (C=O) groups is 2. The number of methoxy groups -OCH3 is 1. The molecule has 3 aromatic rings. The summed E-state index contributed by atoms with van der Waals surface area (Å²) in [6.45, 7) is 2.31. The van der Waals surface area contributed by atoms with E-state index in [1.807, 2.05) is 60.7 Å². The first-order valence-corrected chi connectivity index (χ1v) is 12.0. The Kier molecular flexibility index (Phi) is 8.96. The lowest BCUT2D eigenvalue weighted by Crippen LogP contribution is -2.48. The Morgan fingerprint density at radius 1 is 1.06 bits per heavy atom. The molecule has 2 amide bonds. The summed E-state index contributed by atoms with van der Waals surface area (Å²) >= 11 is 0. The molecule has 9 nitrogen and oxygen atoms in total. The monoisotopic (exact) mass is 489 g/mol. The molecule has 188 valence electrons. The second kappa shape index (κ2) is 12.8. The number of nitrogens with one attached hydrogen (secondary N) is 3. The number of amides is 2. The van der Waals surface area contributed by atoms with Gasteiger partial charge >= 0.3 is 6.09 Å². The molecular formula is C27H31N5O4. The summed E-state index contributed by atoms with van der Waals surface area (Å²) < 4.78 is 10.6. The predicted octanol–water partition coefficient (Wildman–Crippen LogP) is 2.89. The summed E-state index contributed by atoms with van der Waals surface area (Å²) in [4.78, 5) is 34.9. The van der Waals surface area contributed by atoms with Crippen molar-refractivity contribution in [3.63, 3.8) is 0 Å². The van der Waals surface area contributed by atoms with Crippen molar-refractivity contribution in [3.8, 4) is 0 Å². The zero-order valence-corrected chi connectivity index (χ0v) is 20.2. The van der Waals surface area contributed by atoms with Crippen molar-refractivity contribution in [1.29, 1.82) is 0 Å². The van der Waals surface area contributed by atoms with Crippen LogP contribution < -0.4 is 16.0 Å². The van der Waals surface area contributed by atoms with Gasteiger partial charge in [0.1, 0.15) is 6.04 Å². The van der Waals surface area contributed by atoms with E-state index in [4.69, 9.17) is 9.47 Å². The number of alkyl carbamates (subject to hydrolysis) is 1. The van der Waals surface area contributed by atoms with E-state index < -0.39 is 24.0 Å². The number of anilines is 1. The molecular weight excluding hydrogens is 458 g/mol. The minimum atomic E-state index is -0.969. The topological polar surface area (TPSA) is 114 Å².